The van der Waals surface area contributed by atoms with Gasteiger partial charge in [0.2, 0.25) is 0 Å². The topological polar surface area (TPSA) is 36.4 Å². The second kappa shape index (κ2) is 8.87. The normalized spacial score (nSPS) is 11.3. The van der Waals surface area contributed by atoms with Crippen LogP contribution in [0.5, 0.6) is 0 Å². The molecule has 0 aliphatic rings. The largest absolute Gasteiger partial charge is 0.309 e. The lowest BCUT2D eigenvalue weighted by molar-refractivity contribution is 0.0986. The Morgan fingerprint density at radius 1 is 1.15 bits per heavy atom. The van der Waals surface area contributed by atoms with Crippen LogP contribution in [0, 0.1) is 6.92 Å². The number of para-hydroxylation sites is 1. The second-order valence-electron chi connectivity index (χ2n) is 6.76. The minimum atomic E-state index is 0.0152. The van der Waals surface area contributed by atoms with E-state index >= 15 is 0 Å². The monoisotopic (exact) mass is 399 g/mol. The maximum atomic E-state index is 13.3. The van der Waals surface area contributed by atoms with Crippen molar-refractivity contribution in [3.05, 3.63) is 53.6 Å². The molecule has 0 atom stereocenters. The molecule has 0 fully saturated rings. The summed E-state index contributed by atoms with van der Waals surface area (Å²) >= 11 is 3.23. The Morgan fingerprint density at radius 3 is 2.63 bits per heavy atom. The molecule has 3 aromatic rings. The number of anilines is 1. The number of carbonyl (C=O) groups excluding carboxylic acids is 1. The number of benzene rings is 2. The van der Waals surface area contributed by atoms with E-state index in [0.29, 0.717) is 12.1 Å². The number of thioether (sulfide) groups is 1. The van der Waals surface area contributed by atoms with Crippen LogP contribution in [0.4, 0.5) is 5.13 Å². The molecule has 0 aliphatic carbocycles. The summed E-state index contributed by atoms with van der Waals surface area (Å²) in [4.78, 5) is 23.2. The number of hydrogen-bond acceptors (Lipinski definition) is 5. The molecule has 0 saturated heterocycles. The first-order valence-electron chi connectivity index (χ1n) is 8.96. The fourth-order valence-electron chi connectivity index (χ4n) is 2.93. The van der Waals surface area contributed by atoms with Gasteiger partial charge in [0, 0.05) is 17.0 Å². The molecule has 6 heteroatoms. The number of carbonyl (C=O) groups is 1. The summed E-state index contributed by atoms with van der Waals surface area (Å²) in [5, 5.41) is 0.776. The van der Waals surface area contributed by atoms with E-state index in [1.54, 1.807) is 23.1 Å². The first kappa shape index (κ1) is 19.9. The van der Waals surface area contributed by atoms with Gasteiger partial charge in [-0.15, -0.1) is 11.8 Å². The van der Waals surface area contributed by atoms with Gasteiger partial charge < -0.3 is 4.90 Å². The van der Waals surface area contributed by atoms with Crippen molar-refractivity contribution >= 4 is 44.4 Å². The third kappa shape index (κ3) is 4.69. The Hall–Kier alpha value is -1.89. The number of thiazole rings is 1. The Balaban J connectivity index is 1.96. The zero-order valence-electron chi connectivity index (χ0n) is 16.2. The summed E-state index contributed by atoms with van der Waals surface area (Å²) in [6.07, 6.45) is 2.92. The molecule has 3 rings (SSSR count). The van der Waals surface area contributed by atoms with Crippen LogP contribution in [0.25, 0.3) is 10.2 Å². The maximum absolute atomic E-state index is 13.3. The van der Waals surface area contributed by atoms with Crippen LogP contribution >= 0.6 is 23.1 Å². The highest BCUT2D eigenvalue weighted by atomic mass is 32.2. The number of rotatable bonds is 7. The van der Waals surface area contributed by atoms with Crippen molar-refractivity contribution < 1.29 is 4.79 Å². The molecule has 0 bridgehead atoms. The standard InChI is InChI=1S/C21H25N3OS2/c1-15-8-5-11-18-19(15)22-21(27-18)24(13-7-12-23(2)3)20(25)16-9-6-10-17(14-16)26-4/h5-6,8-11,14H,7,12-13H2,1-4H3. The predicted octanol–water partition coefficient (Wildman–Crippen LogP) is 4.93. The van der Waals surface area contributed by atoms with Crippen LogP contribution in [0.3, 0.4) is 0 Å². The van der Waals surface area contributed by atoms with Gasteiger partial charge in [0.25, 0.3) is 5.91 Å². The van der Waals surface area contributed by atoms with Crippen molar-refractivity contribution in [1.82, 2.24) is 9.88 Å². The van der Waals surface area contributed by atoms with Gasteiger partial charge in [0.05, 0.1) is 10.2 Å². The van der Waals surface area contributed by atoms with Crippen molar-refractivity contribution in [3.63, 3.8) is 0 Å². The molecule has 2 aromatic carbocycles. The average molecular weight is 400 g/mol. The van der Waals surface area contributed by atoms with Gasteiger partial charge in [-0.2, -0.15) is 0 Å². The first-order chi connectivity index (χ1) is 13.0. The van der Waals surface area contributed by atoms with E-state index in [9.17, 15) is 4.79 Å². The Bertz CT molecular complexity index is 936. The highest BCUT2D eigenvalue weighted by Gasteiger charge is 2.21. The van der Waals surface area contributed by atoms with Crippen LogP contribution in [0.1, 0.15) is 22.3 Å². The second-order valence-corrected chi connectivity index (χ2v) is 8.65. The third-order valence-electron chi connectivity index (χ3n) is 4.39. The van der Waals surface area contributed by atoms with Gasteiger partial charge in [0.1, 0.15) is 0 Å². The van der Waals surface area contributed by atoms with Crippen LogP contribution in [-0.4, -0.2) is 49.2 Å². The van der Waals surface area contributed by atoms with E-state index in [4.69, 9.17) is 4.98 Å². The summed E-state index contributed by atoms with van der Waals surface area (Å²) in [6.45, 7) is 3.64. The molecular formula is C21H25N3OS2. The van der Waals surface area contributed by atoms with Crippen LogP contribution in [-0.2, 0) is 0 Å². The van der Waals surface area contributed by atoms with Gasteiger partial charge in [-0.05, 0) is 70.1 Å². The quantitative estimate of drug-likeness (QED) is 0.528. The lowest BCUT2D eigenvalue weighted by atomic mass is 10.2. The summed E-state index contributed by atoms with van der Waals surface area (Å²) in [5.41, 5.74) is 2.84. The molecule has 0 unspecified atom stereocenters. The third-order valence-corrected chi connectivity index (χ3v) is 6.16. The first-order valence-corrected chi connectivity index (χ1v) is 11.0. The summed E-state index contributed by atoms with van der Waals surface area (Å²) in [6, 6.07) is 14.0. The van der Waals surface area contributed by atoms with E-state index in [1.807, 2.05) is 41.5 Å². The molecule has 1 aromatic heterocycles. The Kier molecular flexibility index (Phi) is 6.52. The molecule has 27 heavy (non-hydrogen) atoms. The molecule has 1 amide bonds. The predicted molar refractivity (Wildman–Crippen MR) is 117 cm³/mol. The molecule has 142 valence electrons. The smallest absolute Gasteiger partial charge is 0.260 e. The summed E-state index contributed by atoms with van der Waals surface area (Å²) in [7, 11) is 4.10. The summed E-state index contributed by atoms with van der Waals surface area (Å²) in [5.74, 6) is 0.0152. The highest BCUT2D eigenvalue weighted by Crippen LogP contribution is 2.31. The fourth-order valence-corrected chi connectivity index (χ4v) is 4.46. The highest BCUT2D eigenvalue weighted by molar-refractivity contribution is 7.98. The van der Waals surface area contributed by atoms with Crippen molar-refractivity contribution in [2.75, 3.05) is 38.3 Å². The maximum Gasteiger partial charge on any atom is 0.260 e. The lowest BCUT2D eigenvalue weighted by Crippen LogP contribution is -2.33. The van der Waals surface area contributed by atoms with Crippen molar-refractivity contribution in [1.29, 1.82) is 0 Å². The van der Waals surface area contributed by atoms with Gasteiger partial charge in [0.15, 0.2) is 5.13 Å². The van der Waals surface area contributed by atoms with Crippen LogP contribution in [0.15, 0.2) is 47.4 Å². The van der Waals surface area contributed by atoms with Crippen LogP contribution < -0.4 is 4.90 Å². The average Bonchev–Trinajstić information content (AvgIpc) is 3.10. The van der Waals surface area contributed by atoms with Gasteiger partial charge in [-0.3, -0.25) is 9.69 Å². The van der Waals surface area contributed by atoms with E-state index in [1.165, 1.54) is 0 Å². The lowest BCUT2D eigenvalue weighted by Gasteiger charge is -2.21. The number of aryl methyl sites for hydroxylation is 1. The Labute approximate surface area is 169 Å². The van der Waals surface area contributed by atoms with Gasteiger partial charge >= 0.3 is 0 Å². The minimum Gasteiger partial charge on any atom is -0.309 e. The molecule has 4 nitrogen and oxygen atoms in total. The van der Waals surface area contributed by atoms with Gasteiger partial charge in [-0.25, -0.2) is 4.98 Å². The van der Waals surface area contributed by atoms with E-state index < -0.39 is 0 Å². The van der Waals surface area contributed by atoms with E-state index in [0.717, 1.165) is 38.8 Å². The molecule has 0 aliphatic heterocycles. The number of hydrogen-bond donors (Lipinski definition) is 0. The van der Waals surface area contributed by atoms with Crippen molar-refractivity contribution in [2.24, 2.45) is 0 Å². The fraction of sp³-hybridized carbons (Fsp3) is 0.333. The number of aromatic nitrogens is 1. The number of amides is 1. The molecule has 0 radical (unpaired) electrons. The minimum absolute atomic E-state index is 0.0152. The molecule has 0 saturated carbocycles. The summed E-state index contributed by atoms with van der Waals surface area (Å²) < 4.78 is 1.12. The molecule has 1 heterocycles. The number of fused-ring (bicyclic) bond motifs is 1. The van der Waals surface area contributed by atoms with Crippen molar-refractivity contribution in [3.8, 4) is 0 Å². The molecule has 0 N–H and O–H groups in total. The SMILES string of the molecule is CSc1cccc(C(=O)N(CCCN(C)C)c2nc3c(C)cccc3s2)c1. The zero-order valence-corrected chi connectivity index (χ0v) is 17.9. The molecule has 0 spiro atoms. The Morgan fingerprint density at radius 2 is 1.93 bits per heavy atom. The van der Waals surface area contributed by atoms with E-state index in [2.05, 4.69) is 38.1 Å². The zero-order chi connectivity index (χ0) is 19.4. The number of nitrogens with zero attached hydrogens (tertiary/aromatic N) is 3. The van der Waals surface area contributed by atoms with Crippen LogP contribution in [0.2, 0.25) is 0 Å². The molecular weight excluding hydrogens is 374 g/mol. The van der Waals surface area contributed by atoms with Crippen molar-refractivity contribution in [2.45, 2.75) is 18.2 Å². The van der Waals surface area contributed by atoms with E-state index in [-0.39, 0.29) is 5.91 Å². The van der Waals surface area contributed by atoms with Gasteiger partial charge in [-0.1, -0.05) is 29.5 Å².